The zero-order valence-electron chi connectivity index (χ0n) is 13.5. The van der Waals surface area contributed by atoms with Crippen LogP contribution in [0.5, 0.6) is 0 Å². The minimum Gasteiger partial charge on any atom is -0.369 e. The van der Waals surface area contributed by atoms with Crippen LogP contribution in [0.1, 0.15) is 52.0 Å². The first kappa shape index (κ1) is 16.8. The molecular weight excluding hydrogens is 282 g/mol. The highest BCUT2D eigenvalue weighted by molar-refractivity contribution is 6.31. The van der Waals surface area contributed by atoms with Gasteiger partial charge in [0.2, 0.25) is 0 Å². The molecule has 0 bridgehead atoms. The van der Waals surface area contributed by atoms with E-state index in [1.165, 1.54) is 12.8 Å². The van der Waals surface area contributed by atoms with Crippen molar-refractivity contribution in [3.63, 3.8) is 0 Å². The summed E-state index contributed by atoms with van der Waals surface area (Å²) in [7, 11) is 0. The Balaban J connectivity index is 2.03. The Morgan fingerprint density at radius 1 is 1.38 bits per heavy atom. The number of benzene rings is 1. The fourth-order valence-electron chi connectivity index (χ4n) is 3.19. The SMILES string of the molecule is CC1CCCC(CNC(C)C)(OCc2ccccc2Cl)C1. The first-order valence-electron chi connectivity index (χ1n) is 8.11. The lowest BCUT2D eigenvalue weighted by Gasteiger charge is -2.41. The molecule has 0 saturated heterocycles. The van der Waals surface area contributed by atoms with Crippen LogP contribution in [0.25, 0.3) is 0 Å². The molecule has 0 aliphatic heterocycles. The van der Waals surface area contributed by atoms with E-state index in [1.54, 1.807) is 0 Å². The van der Waals surface area contributed by atoms with Crippen molar-refractivity contribution in [1.29, 1.82) is 0 Å². The van der Waals surface area contributed by atoms with E-state index in [0.29, 0.717) is 12.6 Å². The van der Waals surface area contributed by atoms with Gasteiger partial charge in [-0.05, 0) is 30.4 Å². The Morgan fingerprint density at radius 3 is 2.81 bits per heavy atom. The average molecular weight is 310 g/mol. The van der Waals surface area contributed by atoms with Crippen molar-refractivity contribution >= 4 is 11.6 Å². The number of ether oxygens (including phenoxy) is 1. The summed E-state index contributed by atoms with van der Waals surface area (Å²) in [6.45, 7) is 8.25. The first-order chi connectivity index (χ1) is 10.0. The van der Waals surface area contributed by atoms with Gasteiger partial charge in [-0.3, -0.25) is 0 Å². The molecule has 1 saturated carbocycles. The van der Waals surface area contributed by atoms with Gasteiger partial charge in [0.05, 0.1) is 12.2 Å². The lowest BCUT2D eigenvalue weighted by atomic mass is 9.78. The largest absolute Gasteiger partial charge is 0.369 e. The molecule has 21 heavy (non-hydrogen) atoms. The summed E-state index contributed by atoms with van der Waals surface area (Å²) in [5, 5.41) is 4.37. The third-order valence-corrected chi connectivity index (χ3v) is 4.74. The van der Waals surface area contributed by atoms with Crippen LogP contribution >= 0.6 is 11.6 Å². The van der Waals surface area contributed by atoms with Gasteiger partial charge in [-0.15, -0.1) is 0 Å². The molecule has 118 valence electrons. The molecule has 0 amide bonds. The van der Waals surface area contributed by atoms with E-state index in [1.807, 2.05) is 18.2 Å². The highest BCUT2D eigenvalue weighted by atomic mass is 35.5. The number of hydrogen-bond acceptors (Lipinski definition) is 2. The first-order valence-corrected chi connectivity index (χ1v) is 8.49. The van der Waals surface area contributed by atoms with Gasteiger partial charge in [-0.2, -0.15) is 0 Å². The summed E-state index contributed by atoms with van der Waals surface area (Å²) in [6.07, 6.45) is 4.85. The van der Waals surface area contributed by atoms with Gasteiger partial charge >= 0.3 is 0 Å². The van der Waals surface area contributed by atoms with Crippen LogP contribution < -0.4 is 5.32 Å². The van der Waals surface area contributed by atoms with Crippen molar-refractivity contribution in [3.8, 4) is 0 Å². The molecule has 2 atom stereocenters. The Hall–Kier alpha value is -0.570. The van der Waals surface area contributed by atoms with Gasteiger partial charge in [-0.25, -0.2) is 0 Å². The third kappa shape index (κ3) is 4.98. The molecular formula is C18H28ClNO. The molecule has 1 aromatic carbocycles. The summed E-state index contributed by atoms with van der Waals surface area (Å²) in [5.74, 6) is 0.735. The normalized spacial score (nSPS) is 26.2. The summed E-state index contributed by atoms with van der Waals surface area (Å²) in [4.78, 5) is 0. The van der Waals surface area contributed by atoms with Gasteiger partial charge < -0.3 is 10.1 Å². The van der Waals surface area contributed by atoms with Crippen molar-refractivity contribution in [3.05, 3.63) is 34.9 Å². The Morgan fingerprint density at radius 2 is 2.14 bits per heavy atom. The van der Waals surface area contributed by atoms with Crippen LogP contribution in [0.3, 0.4) is 0 Å². The molecule has 0 aromatic heterocycles. The van der Waals surface area contributed by atoms with Crippen molar-refractivity contribution in [1.82, 2.24) is 5.32 Å². The lowest BCUT2D eigenvalue weighted by Crippen LogP contribution is -2.48. The van der Waals surface area contributed by atoms with Crippen molar-refractivity contribution in [2.75, 3.05) is 6.54 Å². The van der Waals surface area contributed by atoms with E-state index in [9.17, 15) is 0 Å². The molecule has 2 unspecified atom stereocenters. The predicted octanol–water partition coefficient (Wildman–Crippen LogP) is 4.80. The van der Waals surface area contributed by atoms with Crippen molar-refractivity contribution < 1.29 is 4.74 Å². The van der Waals surface area contributed by atoms with Crippen molar-refractivity contribution in [2.45, 2.75) is 64.7 Å². The zero-order valence-corrected chi connectivity index (χ0v) is 14.2. The maximum absolute atomic E-state index is 6.41. The molecule has 2 rings (SSSR count). The third-order valence-electron chi connectivity index (χ3n) is 4.37. The van der Waals surface area contributed by atoms with Crippen LogP contribution in [0.2, 0.25) is 5.02 Å². The number of nitrogens with one attached hydrogen (secondary N) is 1. The van der Waals surface area contributed by atoms with Gasteiger partial charge in [0.25, 0.3) is 0 Å². The molecule has 1 aliphatic carbocycles. The standard InChI is InChI=1S/C18H28ClNO/c1-14(2)20-13-18(10-6-7-15(3)11-18)21-12-16-8-4-5-9-17(16)19/h4-5,8-9,14-15,20H,6-7,10-13H2,1-3H3. The Kier molecular flexibility index (Phi) is 6.09. The van der Waals surface area contributed by atoms with E-state index in [4.69, 9.17) is 16.3 Å². The van der Waals surface area contributed by atoms with Gasteiger partial charge in [0.15, 0.2) is 0 Å². The van der Waals surface area contributed by atoms with Crippen LogP contribution in [-0.2, 0) is 11.3 Å². The highest BCUT2D eigenvalue weighted by Crippen LogP contribution is 2.36. The highest BCUT2D eigenvalue weighted by Gasteiger charge is 2.35. The molecule has 0 radical (unpaired) electrons. The summed E-state index contributed by atoms with van der Waals surface area (Å²) < 4.78 is 6.41. The average Bonchev–Trinajstić information content (AvgIpc) is 2.45. The van der Waals surface area contributed by atoms with Gasteiger partial charge in [0, 0.05) is 17.6 Å². The van der Waals surface area contributed by atoms with E-state index in [2.05, 4.69) is 32.2 Å². The lowest BCUT2D eigenvalue weighted by molar-refractivity contribution is -0.0897. The number of rotatable bonds is 6. The van der Waals surface area contributed by atoms with Crippen LogP contribution in [0.15, 0.2) is 24.3 Å². The minimum atomic E-state index is -0.0406. The summed E-state index contributed by atoms with van der Waals surface area (Å²) in [5.41, 5.74) is 1.04. The van der Waals surface area contributed by atoms with Crippen LogP contribution in [0.4, 0.5) is 0 Å². The minimum absolute atomic E-state index is 0.0406. The van der Waals surface area contributed by atoms with E-state index < -0.39 is 0 Å². The van der Waals surface area contributed by atoms with E-state index in [-0.39, 0.29) is 5.60 Å². The molecule has 0 spiro atoms. The second kappa shape index (κ2) is 7.62. The Bertz CT molecular complexity index is 449. The van der Waals surface area contributed by atoms with Crippen LogP contribution in [-0.4, -0.2) is 18.2 Å². The fraction of sp³-hybridized carbons (Fsp3) is 0.667. The van der Waals surface area contributed by atoms with Crippen molar-refractivity contribution in [2.24, 2.45) is 5.92 Å². The molecule has 3 heteroatoms. The maximum Gasteiger partial charge on any atom is 0.0813 e. The number of halogens is 1. The number of hydrogen-bond donors (Lipinski definition) is 1. The summed E-state index contributed by atoms with van der Waals surface area (Å²) >= 11 is 6.25. The second-order valence-corrected chi connectivity index (χ2v) is 7.21. The van der Waals surface area contributed by atoms with Gasteiger partial charge in [0.1, 0.15) is 0 Å². The monoisotopic (exact) mass is 309 g/mol. The molecule has 1 fully saturated rings. The molecule has 2 nitrogen and oxygen atoms in total. The Labute approximate surface area is 134 Å². The maximum atomic E-state index is 6.41. The second-order valence-electron chi connectivity index (χ2n) is 6.80. The summed E-state index contributed by atoms with van der Waals surface area (Å²) in [6, 6.07) is 8.46. The van der Waals surface area contributed by atoms with E-state index in [0.717, 1.165) is 35.9 Å². The smallest absolute Gasteiger partial charge is 0.0813 e. The van der Waals surface area contributed by atoms with Crippen LogP contribution in [0, 0.1) is 5.92 Å². The zero-order chi connectivity index (χ0) is 15.3. The fourth-order valence-corrected chi connectivity index (χ4v) is 3.38. The van der Waals surface area contributed by atoms with Gasteiger partial charge in [-0.1, -0.05) is 63.4 Å². The van der Waals surface area contributed by atoms with E-state index >= 15 is 0 Å². The topological polar surface area (TPSA) is 21.3 Å². The molecule has 1 aliphatic rings. The molecule has 1 N–H and O–H groups in total. The molecule has 0 heterocycles. The molecule has 1 aromatic rings. The predicted molar refractivity (Wildman–Crippen MR) is 89.7 cm³/mol. The quantitative estimate of drug-likeness (QED) is 0.814.